The molecule has 0 spiro atoms. The number of amides is 1. The monoisotopic (exact) mass is 376 g/mol. The summed E-state index contributed by atoms with van der Waals surface area (Å²) in [5.74, 6) is -0.0881. The normalized spacial score (nSPS) is 11.3. The van der Waals surface area contributed by atoms with Gasteiger partial charge in [-0.3, -0.25) is 9.78 Å². The van der Waals surface area contributed by atoms with E-state index in [-0.39, 0.29) is 10.8 Å². The fraction of sp³-hybridized carbons (Fsp3) is 0.333. The predicted octanol–water partition coefficient (Wildman–Crippen LogP) is 2.02. The Morgan fingerprint density at radius 1 is 1.04 bits per heavy atom. The highest BCUT2D eigenvalue weighted by Gasteiger charge is 2.08. The van der Waals surface area contributed by atoms with Crippen molar-refractivity contribution in [2.45, 2.75) is 37.1 Å². The summed E-state index contributed by atoms with van der Waals surface area (Å²) in [6.07, 6.45) is 4.94. The summed E-state index contributed by atoms with van der Waals surface area (Å²) in [6, 6.07) is 11.6. The molecule has 0 fully saturated rings. The van der Waals surface area contributed by atoms with Gasteiger partial charge in [-0.2, -0.15) is 0 Å². The summed E-state index contributed by atoms with van der Waals surface area (Å²) in [4.78, 5) is 16.2. The molecule has 2 rings (SSSR count). The number of hydrogen-bond donors (Lipinski definition) is 3. The molecule has 26 heavy (non-hydrogen) atoms. The van der Waals surface area contributed by atoms with Crippen LogP contribution in [0.5, 0.6) is 0 Å². The lowest BCUT2D eigenvalue weighted by Crippen LogP contribution is -2.16. The molecule has 8 heteroatoms. The number of pyridine rings is 1. The van der Waals surface area contributed by atoms with Crippen molar-refractivity contribution in [3.63, 3.8) is 0 Å². The molecule has 0 unspecified atom stereocenters. The largest absolute Gasteiger partial charge is 0.326 e. The van der Waals surface area contributed by atoms with Crippen molar-refractivity contribution in [2.24, 2.45) is 5.14 Å². The van der Waals surface area contributed by atoms with Crippen molar-refractivity contribution in [1.29, 1.82) is 0 Å². The average molecular weight is 376 g/mol. The van der Waals surface area contributed by atoms with Crippen LogP contribution in [0, 0.1) is 0 Å². The van der Waals surface area contributed by atoms with Gasteiger partial charge in [-0.25, -0.2) is 13.6 Å². The second kappa shape index (κ2) is 10.0. The molecule has 140 valence electrons. The predicted molar refractivity (Wildman–Crippen MR) is 101 cm³/mol. The quantitative estimate of drug-likeness (QED) is 0.549. The molecule has 0 aliphatic rings. The van der Waals surface area contributed by atoms with E-state index in [0.29, 0.717) is 12.1 Å². The minimum atomic E-state index is -3.71. The zero-order chi connectivity index (χ0) is 18.8. The van der Waals surface area contributed by atoms with E-state index in [0.717, 1.165) is 38.0 Å². The number of rotatable bonds is 10. The fourth-order valence-corrected chi connectivity index (χ4v) is 2.90. The van der Waals surface area contributed by atoms with Crippen LogP contribution < -0.4 is 15.8 Å². The molecule has 0 bridgehead atoms. The summed E-state index contributed by atoms with van der Waals surface area (Å²) in [5, 5.41) is 11.1. The number of anilines is 1. The third-order valence-corrected chi connectivity index (χ3v) is 4.69. The highest BCUT2D eigenvalue weighted by Crippen LogP contribution is 2.13. The summed E-state index contributed by atoms with van der Waals surface area (Å²) in [7, 11) is -3.71. The topological polar surface area (TPSA) is 114 Å². The first-order chi connectivity index (χ1) is 12.4. The zero-order valence-electron chi connectivity index (χ0n) is 14.5. The van der Waals surface area contributed by atoms with Crippen molar-refractivity contribution in [3.8, 4) is 0 Å². The number of nitrogens with two attached hydrogens (primary N) is 1. The van der Waals surface area contributed by atoms with Crippen LogP contribution >= 0.6 is 0 Å². The molecule has 4 N–H and O–H groups in total. The van der Waals surface area contributed by atoms with Gasteiger partial charge >= 0.3 is 0 Å². The molecular formula is C18H24N4O3S. The Hall–Kier alpha value is -2.29. The second-order valence-corrected chi connectivity index (χ2v) is 7.49. The maximum atomic E-state index is 11.9. The van der Waals surface area contributed by atoms with Gasteiger partial charge in [-0.1, -0.05) is 12.5 Å². The molecule has 0 radical (unpaired) electrons. The molecule has 1 aromatic carbocycles. The second-order valence-electron chi connectivity index (χ2n) is 5.93. The number of primary sulfonamides is 1. The van der Waals surface area contributed by atoms with Crippen molar-refractivity contribution in [1.82, 2.24) is 10.3 Å². The molecule has 0 aliphatic heterocycles. The smallest absolute Gasteiger partial charge is 0.238 e. The first kappa shape index (κ1) is 20.0. The van der Waals surface area contributed by atoms with Gasteiger partial charge in [0.25, 0.3) is 0 Å². The van der Waals surface area contributed by atoms with Crippen LogP contribution in [0.3, 0.4) is 0 Å². The van der Waals surface area contributed by atoms with Crippen LogP contribution in [-0.4, -0.2) is 25.9 Å². The Kier molecular flexibility index (Phi) is 7.71. The number of hydrogen-bond acceptors (Lipinski definition) is 5. The van der Waals surface area contributed by atoms with Crippen LogP contribution in [-0.2, 0) is 21.4 Å². The highest BCUT2D eigenvalue weighted by atomic mass is 32.2. The lowest BCUT2D eigenvalue weighted by Gasteiger charge is -2.07. The third-order valence-electron chi connectivity index (χ3n) is 3.76. The Labute approximate surface area is 154 Å². The molecule has 7 nitrogen and oxygen atoms in total. The van der Waals surface area contributed by atoms with E-state index in [1.54, 1.807) is 6.20 Å². The molecule has 0 saturated carbocycles. The average Bonchev–Trinajstić information content (AvgIpc) is 2.61. The van der Waals surface area contributed by atoms with Crippen LogP contribution in [0.25, 0.3) is 0 Å². The van der Waals surface area contributed by atoms with Crippen molar-refractivity contribution < 1.29 is 13.2 Å². The van der Waals surface area contributed by atoms with Gasteiger partial charge in [0, 0.05) is 24.8 Å². The van der Waals surface area contributed by atoms with E-state index < -0.39 is 10.0 Å². The van der Waals surface area contributed by atoms with Gasteiger partial charge in [0.05, 0.1) is 10.6 Å². The summed E-state index contributed by atoms with van der Waals surface area (Å²) >= 11 is 0. The van der Waals surface area contributed by atoms with Crippen LogP contribution in [0.1, 0.15) is 31.4 Å². The first-order valence-corrected chi connectivity index (χ1v) is 10.0. The SMILES string of the molecule is NS(=O)(=O)c1ccc(NC(=O)CCCCCNCc2ccccn2)cc1. The number of benzene rings is 1. The fourth-order valence-electron chi connectivity index (χ4n) is 2.38. The number of unbranched alkanes of at least 4 members (excludes halogenated alkanes) is 2. The number of carbonyl (C=O) groups is 1. The number of sulfonamides is 1. The summed E-state index contributed by atoms with van der Waals surface area (Å²) in [6.45, 7) is 1.63. The molecular weight excluding hydrogens is 352 g/mol. The van der Waals surface area contributed by atoms with Gasteiger partial charge in [0.15, 0.2) is 0 Å². The van der Waals surface area contributed by atoms with Crippen LogP contribution in [0.4, 0.5) is 5.69 Å². The van der Waals surface area contributed by atoms with E-state index >= 15 is 0 Å². The Balaban J connectivity index is 1.57. The summed E-state index contributed by atoms with van der Waals surface area (Å²) < 4.78 is 22.4. The van der Waals surface area contributed by atoms with Gasteiger partial charge in [-0.15, -0.1) is 0 Å². The minimum absolute atomic E-state index is 0.0219. The molecule has 1 amide bonds. The van der Waals surface area contributed by atoms with E-state index in [9.17, 15) is 13.2 Å². The molecule has 2 aromatic rings. The standard InChI is InChI=1S/C18H24N4O3S/c19-26(24,25)17-10-8-15(9-11-17)22-18(23)7-2-1-4-12-20-14-16-6-3-5-13-21-16/h3,5-6,8-11,13,20H,1-2,4,7,12,14H2,(H,22,23)(H2,19,24,25). The molecule has 0 saturated heterocycles. The summed E-state index contributed by atoms with van der Waals surface area (Å²) in [5.41, 5.74) is 1.57. The van der Waals surface area contributed by atoms with Crippen LogP contribution in [0.15, 0.2) is 53.6 Å². The van der Waals surface area contributed by atoms with Gasteiger partial charge in [0.2, 0.25) is 15.9 Å². The van der Waals surface area contributed by atoms with Crippen molar-refractivity contribution in [2.75, 3.05) is 11.9 Å². The highest BCUT2D eigenvalue weighted by molar-refractivity contribution is 7.89. The number of carbonyl (C=O) groups excluding carboxylic acids is 1. The molecule has 1 aromatic heterocycles. The van der Waals surface area contributed by atoms with E-state index in [2.05, 4.69) is 15.6 Å². The first-order valence-electron chi connectivity index (χ1n) is 8.48. The van der Waals surface area contributed by atoms with Crippen LogP contribution in [0.2, 0.25) is 0 Å². The zero-order valence-corrected chi connectivity index (χ0v) is 15.3. The maximum absolute atomic E-state index is 11.9. The van der Waals surface area contributed by atoms with Crippen molar-refractivity contribution >= 4 is 21.6 Å². The Bertz CT molecular complexity index is 793. The van der Waals surface area contributed by atoms with Gasteiger partial charge in [0.1, 0.15) is 0 Å². The number of aromatic nitrogens is 1. The van der Waals surface area contributed by atoms with Crippen molar-refractivity contribution in [3.05, 3.63) is 54.4 Å². The maximum Gasteiger partial charge on any atom is 0.238 e. The Morgan fingerprint density at radius 2 is 1.81 bits per heavy atom. The van der Waals surface area contributed by atoms with E-state index in [1.165, 1.54) is 24.3 Å². The molecule has 1 heterocycles. The van der Waals surface area contributed by atoms with E-state index in [4.69, 9.17) is 5.14 Å². The Morgan fingerprint density at radius 3 is 2.46 bits per heavy atom. The minimum Gasteiger partial charge on any atom is -0.326 e. The number of nitrogens with zero attached hydrogens (tertiary/aromatic N) is 1. The number of nitrogens with one attached hydrogen (secondary N) is 2. The van der Waals surface area contributed by atoms with Gasteiger partial charge in [-0.05, 0) is 55.8 Å². The third kappa shape index (κ3) is 7.30. The van der Waals surface area contributed by atoms with Gasteiger partial charge < -0.3 is 10.6 Å². The molecule has 0 aliphatic carbocycles. The lowest BCUT2D eigenvalue weighted by molar-refractivity contribution is -0.116. The molecule has 0 atom stereocenters. The van der Waals surface area contributed by atoms with E-state index in [1.807, 2.05) is 18.2 Å². The lowest BCUT2D eigenvalue weighted by atomic mass is 10.2.